The van der Waals surface area contributed by atoms with Gasteiger partial charge in [-0.15, -0.1) is 0 Å². The maximum absolute atomic E-state index is 12.6. The van der Waals surface area contributed by atoms with Gasteiger partial charge in [-0.1, -0.05) is 92.7 Å². The Morgan fingerprint density at radius 2 is 1.04 bits per heavy atom. The molecule has 2 nitrogen and oxygen atoms in total. The number of carbonyl (C=O) groups is 2. The molecule has 0 aliphatic heterocycles. The van der Waals surface area contributed by atoms with Crippen LogP contribution in [0, 0.1) is 0 Å². The summed E-state index contributed by atoms with van der Waals surface area (Å²) in [4.78, 5) is 25.2. The fourth-order valence-corrected chi connectivity index (χ4v) is 3.56. The van der Waals surface area contributed by atoms with E-state index in [0.717, 1.165) is 27.8 Å². The monoisotopic (exact) mass is 356 g/mol. The second-order valence-corrected chi connectivity index (χ2v) is 6.57. The first-order valence-corrected chi connectivity index (χ1v) is 9.46. The van der Waals surface area contributed by atoms with Crippen LogP contribution in [-0.2, 0) is 0 Å². The van der Waals surface area contributed by atoms with Crippen molar-refractivity contribution < 1.29 is 9.59 Å². The number of rotatable bonds is 7. The molecule has 0 bridgehead atoms. The van der Waals surface area contributed by atoms with E-state index in [9.17, 15) is 9.59 Å². The van der Waals surface area contributed by atoms with Gasteiger partial charge in [0.15, 0.2) is 11.6 Å². The van der Waals surface area contributed by atoms with Gasteiger partial charge in [-0.25, -0.2) is 0 Å². The van der Waals surface area contributed by atoms with Crippen molar-refractivity contribution >= 4 is 11.6 Å². The normalized spacial score (nSPS) is 10.8. The number of carbonyl (C=O) groups excluding carboxylic acids is 2. The van der Waals surface area contributed by atoms with E-state index in [2.05, 4.69) is 12.1 Å². The second kappa shape index (κ2) is 8.59. The molecule has 3 rings (SSSR count). The zero-order valence-corrected chi connectivity index (χ0v) is 15.8. The minimum atomic E-state index is -0.162. The van der Waals surface area contributed by atoms with Gasteiger partial charge in [-0.05, 0) is 16.7 Å². The Hall–Kier alpha value is -3.00. The van der Waals surface area contributed by atoms with Crippen LogP contribution in [0.2, 0.25) is 0 Å². The zero-order chi connectivity index (χ0) is 19.2. The molecule has 0 atom stereocenters. The van der Waals surface area contributed by atoms with E-state index in [0.29, 0.717) is 12.8 Å². The minimum absolute atomic E-state index is 0.117. The molecule has 0 aliphatic rings. The molecule has 3 aromatic carbocycles. The van der Waals surface area contributed by atoms with Crippen molar-refractivity contribution in [3.8, 4) is 0 Å². The number of hydrogen-bond donors (Lipinski definition) is 0. The molecule has 0 amide bonds. The standard InChI is InChI=1S/C25H24O2/c1-3-23(26)19-14-8-10-16-21(19)25(18-12-6-5-7-13-18)22-17-11-9-15-20(22)24(27)4-2/h5-17,25H,3-4H2,1-2H3. The van der Waals surface area contributed by atoms with Gasteiger partial charge < -0.3 is 0 Å². The van der Waals surface area contributed by atoms with Crippen molar-refractivity contribution in [1.29, 1.82) is 0 Å². The molecule has 0 aliphatic carbocycles. The molecule has 27 heavy (non-hydrogen) atoms. The Balaban J connectivity index is 2.28. The number of hydrogen-bond acceptors (Lipinski definition) is 2. The summed E-state index contributed by atoms with van der Waals surface area (Å²) in [5.74, 6) is 0.0706. The minimum Gasteiger partial charge on any atom is -0.294 e. The van der Waals surface area contributed by atoms with Crippen molar-refractivity contribution in [3.05, 3.63) is 107 Å². The summed E-state index contributed by atoms with van der Waals surface area (Å²) >= 11 is 0. The Labute approximate surface area is 160 Å². The molecule has 0 saturated heterocycles. The second-order valence-electron chi connectivity index (χ2n) is 6.57. The molecule has 0 N–H and O–H groups in total. The molecule has 2 heteroatoms. The van der Waals surface area contributed by atoms with Crippen LogP contribution in [0.1, 0.15) is 70.0 Å². The van der Waals surface area contributed by atoms with E-state index in [-0.39, 0.29) is 17.5 Å². The van der Waals surface area contributed by atoms with Gasteiger partial charge in [-0.2, -0.15) is 0 Å². The van der Waals surface area contributed by atoms with Gasteiger partial charge in [0.05, 0.1) is 0 Å². The Kier molecular flexibility index (Phi) is 5.97. The summed E-state index contributed by atoms with van der Waals surface area (Å²) in [6.45, 7) is 3.76. The maximum Gasteiger partial charge on any atom is 0.162 e. The van der Waals surface area contributed by atoms with Gasteiger partial charge >= 0.3 is 0 Å². The smallest absolute Gasteiger partial charge is 0.162 e. The van der Waals surface area contributed by atoms with Crippen LogP contribution in [-0.4, -0.2) is 11.6 Å². The Morgan fingerprint density at radius 3 is 1.48 bits per heavy atom. The van der Waals surface area contributed by atoms with Gasteiger partial charge in [0.2, 0.25) is 0 Å². The van der Waals surface area contributed by atoms with E-state index in [1.165, 1.54) is 0 Å². The van der Waals surface area contributed by atoms with E-state index in [1.807, 2.05) is 80.6 Å². The maximum atomic E-state index is 12.6. The molecule has 0 unspecified atom stereocenters. The molecule has 136 valence electrons. The quantitative estimate of drug-likeness (QED) is 0.381. The third-order valence-electron chi connectivity index (χ3n) is 4.92. The van der Waals surface area contributed by atoms with Gasteiger partial charge in [-0.3, -0.25) is 9.59 Å². The highest BCUT2D eigenvalue weighted by molar-refractivity contribution is 5.99. The lowest BCUT2D eigenvalue weighted by molar-refractivity contribution is 0.0980. The SMILES string of the molecule is CCC(=O)c1ccccc1C(c1ccccc1)c1ccccc1C(=O)CC. The fraction of sp³-hybridized carbons (Fsp3) is 0.200. The first kappa shape index (κ1) is 18.8. The summed E-state index contributed by atoms with van der Waals surface area (Å²) in [6, 6.07) is 25.6. The summed E-state index contributed by atoms with van der Waals surface area (Å²) in [5.41, 5.74) is 4.43. The summed E-state index contributed by atoms with van der Waals surface area (Å²) < 4.78 is 0. The van der Waals surface area contributed by atoms with Crippen LogP contribution in [0.4, 0.5) is 0 Å². The molecule has 0 saturated carbocycles. The molecule has 0 radical (unpaired) electrons. The van der Waals surface area contributed by atoms with E-state index in [1.54, 1.807) is 0 Å². The first-order valence-electron chi connectivity index (χ1n) is 9.46. The third kappa shape index (κ3) is 3.90. The van der Waals surface area contributed by atoms with E-state index < -0.39 is 0 Å². The lowest BCUT2D eigenvalue weighted by atomic mass is 9.79. The van der Waals surface area contributed by atoms with Crippen LogP contribution < -0.4 is 0 Å². The molecular weight excluding hydrogens is 332 g/mol. The van der Waals surface area contributed by atoms with Crippen molar-refractivity contribution in [2.24, 2.45) is 0 Å². The Morgan fingerprint density at radius 1 is 0.630 bits per heavy atom. The molecular formula is C25H24O2. The summed E-state index contributed by atoms with van der Waals surface area (Å²) in [5, 5.41) is 0. The van der Waals surface area contributed by atoms with Crippen LogP contribution in [0.25, 0.3) is 0 Å². The topological polar surface area (TPSA) is 34.1 Å². The average Bonchev–Trinajstić information content (AvgIpc) is 2.74. The average molecular weight is 356 g/mol. The highest BCUT2D eigenvalue weighted by atomic mass is 16.1. The zero-order valence-electron chi connectivity index (χ0n) is 15.8. The van der Waals surface area contributed by atoms with Crippen molar-refractivity contribution in [1.82, 2.24) is 0 Å². The lowest BCUT2D eigenvalue weighted by Gasteiger charge is -2.23. The highest BCUT2D eigenvalue weighted by Crippen LogP contribution is 2.36. The molecule has 0 spiro atoms. The van der Waals surface area contributed by atoms with Crippen LogP contribution in [0.5, 0.6) is 0 Å². The van der Waals surface area contributed by atoms with Gasteiger partial charge in [0.25, 0.3) is 0 Å². The van der Waals surface area contributed by atoms with Crippen LogP contribution in [0.3, 0.4) is 0 Å². The summed E-state index contributed by atoms with van der Waals surface area (Å²) in [6.07, 6.45) is 0.905. The van der Waals surface area contributed by atoms with Crippen LogP contribution >= 0.6 is 0 Å². The fourth-order valence-electron chi connectivity index (χ4n) is 3.56. The van der Waals surface area contributed by atoms with E-state index in [4.69, 9.17) is 0 Å². The van der Waals surface area contributed by atoms with Crippen molar-refractivity contribution in [2.45, 2.75) is 32.6 Å². The molecule has 0 aromatic heterocycles. The Bertz CT molecular complexity index is 882. The predicted octanol–water partition coefficient (Wildman–Crippen LogP) is 6.05. The summed E-state index contributed by atoms with van der Waals surface area (Å²) in [7, 11) is 0. The van der Waals surface area contributed by atoms with Crippen LogP contribution in [0.15, 0.2) is 78.9 Å². The van der Waals surface area contributed by atoms with E-state index >= 15 is 0 Å². The third-order valence-corrected chi connectivity index (χ3v) is 4.92. The van der Waals surface area contributed by atoms with Gasteiger partial charge in [0, 0.05) is 29.9 Å². The molecule has 0 fully saturated rings. The van der Waals surface area contributed by atoms with Gasteiger partial charge in [0.1, 0.15) is 0 Å². The highest BCUT2D eigenvalue weighted by Gasteiger charge is 2.25. The molecule has 3 aromatic rings. The number of Topliss-reactive ketones (excluding diaryl/α,β-unsaturated/α-hetero) is 2. The van der Waals surface area contributed by atoms with Crippen molar-refractivity contribution in [3.63, 3.8) is 0 Å². The number of benzene rings is 3. The molecule has 0 heterocycles. The largest absolute Gasteiger partial charge is 0.294 e. The first-order chi connectivity index (χ1) is 13.2. The van der Waals surface area contributed by atoms with Crippen molar-refractivity contribution in [2.75, 3.05) is 0 Å². The predicted molar refractivity (Wildman–Crippen MR) is 110 cm³/mol. The number of ketones is 2. The lowest BCUT2D eigenvalue weighted by Crippen LogP contribution is -2.13.